The Bertz CT molecular complexity index is 376. The van der Waals surface area contributed by atoms with E-state index >= 15 is 0 Å². The molecule has 0 bridgehead atoms. The highest BCUT2D eigenvalue weighted by atomic mass is 16.2. The number of anilines is 2. The van der Waals surface area contributed by atoms with Crippen molar-refractivity contribution in [3.8, 4) is 0 Å². The third-order valence-electron chi connectivity index (χ3n) is 2.81. The van der Waals surface area contributed by atoms with Crippen molar-refractivity contribution in [3.63, 3.8) is 0 Å². The van der Waals surface area contributed by atoms with Gasteiger partial charge in [0.15, 0.2) is 0 Å². The number of hydrogen-bond acceptors (Lipinski definition) is 4. The fourth-order valence-corrected chi connectivity index (χ4v) is 1.79. The second kappa shape index (κ2) is 4.38. The molecular formula is C11H16N4O. The van der Waals surface area contributed by atoms with E-state index < -0.39 is 0 Å². The zero-order chi connectivity index (χ0) is 11.5. The van der Waals surface area contributed by atoms with Crippen molar-refractivity contribution in [2.75, 3.05) is 37.3 Å². The normalized spacial score (nSPS) is 17.4. The van der Waals surface area contributed by atoms with Gasteiger partial charge in [0.05, 0.1) is 18.4 Å². The maximum Gasteiger partial charge on any atom is 0.241 e. The topological polar surface area (TPSA) is 62.5 Å². The molecule has 1 aromatic rings. The molecule has 0 radical (unpaired) electrons. The summed E-state index contributed by atoms with van der Waals surface area (Å²) in [7, 11) is 1.84. The highest BCUT2D eigenvalue weighted by Gasteiger charge is 2.18. The molecule has 1 aromatic heterocycles. The number of nitrogens with zero attached hydrogens (tertiary/aromatic N) is 3. The van der Waals surface area contributed by atoms with Crippen LogP contribution in [0, 0.1) is 0 Å². The number of nitrogen functional groups attached to an aromatic ring is 1. The van der Waals surface area contributed by atoms with Crippen molar-refractivity contribution in [1.29, 1.82) is 0 Å². The summed E-state index contributed by atoms with van der Waals surface area (Å²) < 4.78 is 0. The molecule has 0 aromatic carbocycles. The lowest BCUT2D eigenvalue weighted by molar-refractivity contribution is -0.127. The molecule has 5 nitrogen and oxygen atoms in total. The largest absolute Gasteiger partial charge is 0.384 e. The Balaban J connectivity index is 2.14. The standard InChI is InChI=1S/C11H16N4O/c1-14-5-2-6-15(8-11(14)16)9-3-4-10(12)13-7-9/h3-4,7H,2,5-6,8H2,1H3,(H2,12,13). The number of carbonyl (C=O) groups is 1. The number of rotatable bonds is 1. The fraction of sp³-hybridized carbons (Fsp3) is 0.455. The zero-order valence-corrected chi connectivity index (χ0v) is 9.39. The lowest BCUT2D eigenvalue weighted by Crippen LogP contribution is -2.34. The smallest absolute Gasteiger partial charge is 0.241 e. The van der Waals surface area contributed by atoms with Crippen LogP contribution in [-0.4, -0.2) is 42.5 Å². The summed E-state index contributed by atoms with van der Waals surface area (Å²) in [6, 6.07) is 3.66. The summed E-state index contributed by atoms with van der Waals surface area (Å²) in [5.41, 5.74) is 6.49. The average Bonchev–Trinajstić information content (AvgIpc) is 2.43. The van der Waals surface area contributed by atoms with E-state index in [-0.39, 0.29) is 5.91 Å². The first-order chi connectivity index (χ1) is 7.66. The van der Waals surface area contributed by atoms with Crippen LogP contribution < -0.4 is 10.6 Å². The molecular weight excluding hydrogens is 204 g/mol. The summed E-state index contributed by atoms with van der Waals surface area (Å²) in [4.78, 5) is 19.6. The molecule has 1 saturated heterocycles. The van der Waals surface area contributed by atoms with Gasteiger partial charge in [-0.05, 0) is 18.6 Å². The van der Waals surface area contributed by atoms with Crippen LogP contribution in [0.1, 0.15) is 6.42 Å². The summed E-state index contributed by atoms with van der Waals surface area (Å²) >= 11 is 0. The van der Waals surface area contributed by atoms with Gasteiger partial charge in [-0.3, -0.25) is 4.79 Å². The van der Waals surface area contributed by atoms with Crippen molar-refractivity contribution in [2.45, 2.75) is 6.42 Å². The van der Waals surface area contributed by atoms with Crippen LogP contribution in [0.5, 0.6) is 0 Å². The van der Waals surface area contributed by atoms with E-state index in [2.05, 4.69) is 4.98 Å². The van der Waals surface area contributed by atoms with Crippen LogP contribution >= 0.6 is 0 Å². The van der Waals surface area contributed by atoms with E-state index in [1.807, 2.05) is 18.0 Å². The van der Waals surface area contributed by atoms with E-state index in [1.54, 1.807) is 17.2 Å². The minimum Gasteiger partial charge on any atom is -0.384 e. The predicted molar refractivity (Wildman–Crippen MR) is 63.1 cm³/mol. The SMILES string of the molecule is CN1CCCN(c2ccc(N)nc2)CC1=O. The third kappa shape index (κ3) is 2.24. The Hall–Kier alpha value is -1.78. The third-order valence-corrected chi connectivity index (χ3v) is 2.81. The Kier molecular flexibility index (Phi) is 2.94. The number of hydrogen-bond donors (Lipinski definition) is 1. The van der Waals surface area contributed by atoms with Crippen molar-refractivity contribution >= 4 is 17.4 Å². The maximum absolute atomic E-state index is 11.7. The van der Waals surface area contributed by atoms with E-state index in [4.69, 9.17) is 5.73 Å². The molecule has 0 spiro atoms. The second-order valence-electron chi connectivity index (χ2n) is 4.03. The number of likely N-dealkylation sites (N-methyl/N-ethyl adjacent to an activating group) is 1. The van der Waals surface area contributed by atoms with E-state index in [0.717, 1.165) is 25.2 Å². The van der Waals surface area contributed by atoms with Crippen LogP contribution in [0.3, 0.4) is 0 Å². The summed E-state index contributed by atoms with van der Waals surface area (Å²) in [5.74, 6) is 0.649. The number of amides is 1. The van der Waals surface area contributed by atoms with Crippen molar-refractivity contribution in [1.82, 2.24) is 9.88 Å². The fourth-order valence-electron chi connectivity index (χ4n) is 1.79. The van der Waals surface area contributed by atoms with Crippen molar-refractivity contribution < 1.29 is 4.79 Å². The van der Waals surface area contributed by atoms with Gasteiger partial charge < -0.3 is 15.5 Å². The van der Waals surface area contributed by atoms with Crippen molar-refractivity contribution in [2.24, 2.45) is 0 Å². The van der Waals surface area contributed by atoms with Crippen LogP contribution in [0.15, 0.2) is 18.3 Å². The monoisotopic (exact) mass is 220 g/mol. The summed E-state index contributed by atoms with van der Waals surface area (Å²) in [6.45, 7) is 2.11. The molecule has 1 fully saturated rings. The number of aromatic nitrogens is 1. The molecule has 0 saturated carbocycles. The molecule has 0 aliphatic carbocycles. The Morgan fingerprint density at radius 1 is 1.38 bits per heavy atom. The number of carbonyl (C=O) groups excluding carboxylic acids is 1. The zero-order valence-electron chi connectivity index (χ0n) is 9.39. The van der Waals surface area contributed by atoms with Gasteiger partial charge in [0.1, 0.15) is 5.82 Å². The first-order valence-corrected chi connectivity index (χ1v) is 5.37. The van der Waals surface area contributed by atoms with Crippen molar-refractivity contribution in [3.05, 3.63) is 18.3 Å². The van der Waals surface area contributed by atoms with Crippen LogP contribution in [-0.2, 0) is 4.79 Å². The molecule has 2 N–H and O–H groups in total. The lowest BCUT2D eigenvalue weighted by Gasteiger charge is -2.21. The minimum atomic E-state index is 0.148. The lowest BCUT2D eigenvalue weighted by atomic mass is 10.3. The van der Waals surface area contributed by atoms with Crippen LogP contribution in [0.4, 0.5) is 11.5 Å². The highest BCUT2D eigenvalue weighted by molar-refractivity contribution is 5.81. The van der Waals surface area contributed by atoms with Gasteiger partial charge in [0, 0.05) is 20.1 Å². The summed E-state index contributed by atoms with van der Waals surface area (Å²) in [6.07, 6.45) is 2.69. The second-order valence-corrected chi connectivity index (χ2v) is 4.03. The minimum absolute atomic E-state index is 0.148. The molecule has 1 aliphatic heterocycles. The molecule has 2 rings (SSSR count). The first kappa shape index (κ1) is 10.7. The Morgan fingerprint density at radius 3 is 2.88 bits per heavy atom. The number of pyridine rings is 1. The average molecular weight is 220 g/mol. The van der Waals surface area contributed by atoms with Gasteiger partial charge in [0.25, 0.3) is 0 Å². The number of nitrogens with two attached hydrogens (primary N) is 1. The van der Waals surface area contributed by atoms with Gasteiger partial charge in [0.2, 0.25) is 5.91 Å². The van der Waals surface area contributed by atoms with Gasteiger partial charge in [-0.15, -0.1) is 0 Å². The molecule has 1 amide bonds. The molecule has 2 heterocycles. The van der Waals surface area contributed by atoms with E-state index in [1.165, 1.54) is 0 Å². The summed E-state index contributed by atoms with van der Waals surface area (Å²) in [5, 5.41) is 0. The molecule has 16 heavy (non-hydrogen) atoms. The first-order valence-electron chi connectivity index (χ1n) is 5.37. The highest BCUT2D eigenvalue weighted by Crippen LogP contribution is 2.16. The molecule has 0 unspecified atom stereocenters. The van der Waals surface area contributed by atoms with Crippen LogP contribution in [0.2, 0.25) is 0 Å². The molecule has 86 valence electrons. The van der Waals surface area contributed by atoms with Crippen LogP contribution in [0.25, 0.3) is 0 Å². The molecule has 0 atom stereocenters. The Labute approximate surface area is 94.9 Å². The molecule has 5 heteroatoms. The van der Waals surface area contributed by atoms with Gasteiger partial charge in [-0.25, -0.2) is 4.98 Å². The Morgan fingerprint density at radius 2 is 2.19 bits per heavy atom. The van der Waals surface area contributed by atoms with Gasteiger partial charge in [-0.2, -0.15) is 0 Å². The molecule has 1 aliphatic rings. The predicted octanol–water partition coefficient (Wildman–Crippen LogP) is 0.332. The van der Waals surface area contributed by atoms with E-state index in [9.17, 15) is 4.79 Å². The maximum atomic E-state index is 11.7. The quantitative estimate of drug-likeness (QED) is 0.741. The van der Waals surface area contributed by atoms with Gasteiger partial charge >= 0.3 is 0 Å². The van der Waals surface area contributed by atoms with E-state index in [0.29, 0.717) is 12.4 Å². The van der Waals surface area contributed by atoms with Gasteiger partial charge in [-0.1, -0.05) is 0 Å².